The van der Waals surface area contributed by atoms with E-state index in [1.807, 2.05) is 0 Å². The van der Waals surface area contributed by atoms with Crippen LogP contribution in [0.25, 0.3) is 10.9 Å². The highest BCUT2D eigenvalue weighted by molar-refractivity contribution is 14.1. The van der Waals surface area contributed by atoms with E-state index < -0.39 is 0 Å². The lowest BCUT2D eigenvalue weighted by Crippen LogP contribution is -2.10. The molecule has 0 fully saturated rings. The van der Waals surface area contributed by atoms with Crippen LogP contribution in [0.1, 0.15) is 6.92 Å². The maximum atomic E-state index is 9.05. The maximum Gasteiger partial charge on any atom is 0.0490 e. The van der Waals surface area contributed by atoms with E-state index >= 15 is 0 Å². The molecule has 1 aromatic carbocycles. The van der Waals surface area contributed by atoms with Crippen LogP contribution in [0.3, 0.4) is 0 Å². The molecule has 0 amide bonds. The van der Waals surface area contributed by atoms with Crippen LogP contribution in [0.2, 0.25) is 0 Å². The monoisotopic (exact) mass is 315 g/mol. The number of aliphatic hydroxyl groups excluding tert-OH is 1. The molecular weight excluding hydrogens is 301 g/mol. The van der Waals surface area contributed by atoms with Crippen LogP contribution in [0.5, 0.6) is 0 Å². The van der Waals surface area contributed by atoms with Gasteiger partial charge in [0.1, 0.15) is 0 Å². The van der Waals surface area contributed by atoms with Gasteiger partial charge in [-0.3, -0.25) is 0 Å². The van der Waals surface area contributed by atoms with Gasteiger partial charge in [-0.15, -0.1) is 0 Å². The second kappa shape index (κ2) is 4.53. The summed E-state index contributed by atoms with van der Waals surface area (Å²) in [7, 11) is 0. The number of benzene rings is 1. The van der Waals surface area contributed by atoms with Crippen LogP contribution < -0.4 is 0 Å². The van der Waals surface area contributed by atoms with E-state index in [0.717, 1.165) is 6.54 Å². The van der Waals surface area contributed by atoms with Crippen molar-refractivity contribution < 1.29 is 5.11 Å². The maximum absolute atomic E-state index is 9.05. The number of rotatable bonds is 3. The van der Waals surface area contributed by atoms with Gasteiger partial charge in [-0.1, -0.05) is 13.0 Å². The predicted octanol–water partition coefficient (Wildman–Crippen LogP) is 2.87. The molecule has 0 spiro atoms. The molecule has 0 saturated carbocycles. The van der Waals surface area contributed by atoms with Gasteiger partial charge in [-0.05, 0) is 52.1 Å². The molecule has 0 aliphatic carbocycles. The molecule has 0 bridgehead atoms. The molecule has 1 heterocycles. The Kier molecular flexibility index (Phi) is 3.31. The predicted molar refractivity (Wildman–Crippen MR) is 70.9 cm³/mol. The molecule has 1 N–H and O–H groups in total. The number of nitrogens with zero attached hydrogens (tertiary/aromatic N) is 1. The third kappa shape index (κ3) is 2.34. The molecule has 3 heteroatoms. The van der Waals surface area contributed by atoms with Crippen LogP contribution in [0.15, 0.2) is 30.5 Å². The van der Waals surface area contributed by atoms with Crippen molar-refractivity contribution in [3.05, 3.63) is 34.0 Å². The molecule has 15 heavy (non-hydrogen) atoms. The number of aromatic nitrogens is 1. The van der Waals surface area contributed by atoms with Gasteiger partial charge in [0, 0.05) is 28.4 Å². The van der Waals surface area contributed by atoms with Crippen molar-refractivity contribution in [2.45, 2.75) is 13.5 Å². The van der Waals surface area contributed by atoms with Gasteiger partial charge >= 0.3 is 0 Å². The van der Waals surface area contributed by atoms with Gasteiger partial charge in [0.25, 0.3) is 0 Å². The summed E-state index contributed by atoms with van der Waals surface area (Å²) in [5.74, 6) is 0.304. The lowest BCUT2D eigenvalue weighted by Gasteiger charge is -2.10. The quantitative estimate of drug-likeness (QED) is 0.866. The Balaban J connectivity index is 2.39. The fourth-order valence-electron chi connectivity index (χ4n) is 1.71. The average molecular weight is 315 g/mol. The minimum Gasteiger partial charge on any atom is -0.396 e. The minimum atomic E-state index is 0.240. The molecule has 2 aromatic rings. The van der Waals surface area contributed by atoms with Crippen molar-refractivity contribution in [3.8, 4) is 0 Å². The molecule has 0 radical (unpaired) electrons. The van der Waals surface area contributed by atoms with Gasteiger partial charge in [0.2, 0.25) is 0 Å². The van der Waals surface area contributed by atoms with Gasteiger partial charge < -0.3 is 9.67 Å². The Labute approximate surface area is 103 Å². The summed E-state index contributed by atoms with van der Waals surface area (Å²) in [6.07, 6.45) is 2.09. The van der Waals surface area contributed by atoms with Crippen LogP contribution >= 0.6 is 22.6 Å². The Morgan fingerprint density at radius 1 is 1.40 bits per heavy atom. The summed E-state index contributed by atoms with van der Waals surface area (Å²) in [6, 6.07) is 8.55. The highest BCUT2D eigenvalue weighted by Gasteiger charge is 2.05. The van der Waals surface area contributed by atoms with E-state index in [2.05, 4.69) is 64.5 Å². The second-order valence-corrected chi connectivity index (χ2v) is 5.20. The largest absolute Gasteiger partial charge is 0.396 e. The Bertz CT molecular complexity index is 464. The average Bonchev–Trinajstić information content (AvgIpc) is 2.61. The van der Waals surface area contributed by atoms with Crippen molar-refractivity contribution in [1.29, 1.82) is 0 Å². The smallest absolute Gasteiger partial charge is 0.0490 e. The van der Waals surface area contributed by atoms with Crippen LogP contribution in [0.4, 0.5) is 0 Å². The zero-order valence-electron chi connectivity index (χ0n) is 8.65. The molecule has 1 aromatic heterocycles. The zero-order chi connectivity index (χ0) is 10.8. The van der Waals surface area contributed by atoms with Crippen molar-refractivity contribution in [2.24, 2.45) is 5.92 Å². The minimum absolute atomic E-state index is 0.240. The van der Waals surface area contributed by atoms with Gasteiger partial charge in [-0.2, -0.15) is 0 Å². The van der Waals surface area contributed by atoms with Crippen molar-refractivity contribution in [3.63, 3.8) is 0 Å². The second-order valence-electron chi connectivity index (χ2n) is 3.96. The van der Waals surface area contributed by atoms with Crippen molar-refractivity contribution in [2.75, 3.05) is 6.61 Å². The Hall–Kier alpha value is -0.550. The Morgan fingerprint density at radius 2 is 2.20 bits per heavy atom. The Morgan fingerprint density at radius 3 is 2.93 bits per heavy atom. The lowest BCUT2D eigenvalue weighted by molar-refractivity contribution is 0.224. The third-order valence-corrected chi connectivity index (χ3v) is 3.23. The van der Waals surface area contributed by atoms with Crippen molar-refractivity contribution in [1.82, 2.24) is 4.57 Å². The first kappa shape index (κ1) is 11.0. The highest BCUT2D eigenvalue weighted by Crippen LogP contribution is 2.19. The molecule has 0 saturated heterocycles. The molecule has 0 unspecified atom stereocenters. The molecule has 2 rings (SSSR count). The van der Waals surface area contributed by atoms with E-state index in [1.54, 1.807) is 0 Å². The SMILES string of the molecule is C[C@H](CO)Cn1ccc2ccc(I)cc21. The number of aliphatic hydroxyl groups is 1. The van der Waals surface area contributed by atoms with E-state index in [9.17, 15) is 0 Å². The molecule has 2 nitrogen and oxygen atoms in total. The summed E-state index contributed by atoms with van der Waals surface area (Å²) in [5.41, 5.74) is 1.25. The van der Waals surface area contributed by atoms with E-state index in [4.69, 9.17) is 5.11 Å². The highest BCUT2D eigenvalue weighted by atomic mass is 127. The first-order valence-electron chi connectivity index (χ1n) is 5.06. The van der Waals surface area contributed by atoms with E-state index in [0.29, 0.717) is 5.92 Å². The number of hydrogen-bond acceptors (Lipinski definition) is 1. The number of fused-ring (bicyclic) bond motifs is 1. The summed E-state index contributed by atoms with van der Waals surface area (Å²) < 4.78 is 3.45. The third-order valence-electron chi connectivity index (χ3n) is 2.56. The van der Waals surface area contributed by atoms with Crippen LogP contribution in [-0.4, -0.2) is 16.3 Å². The molecule has 0 aliphatic heterocycles. The van der Waals surface area contributed by atoms with Gasteiger partial charge in [-0.25, -0.2) is 0 Å². The normalized spacial score (nSPS) is 13.3. The molecule has 0 aliphatic rings. The van der Waals surface area contributed by atoms with Crippen LogP contribution in [-0.2, 0) is 6.54 Å². The first-order valence-corrected chi connectivity index (χ1v) is 6.14. The number of hydrogen-bond donors (Lipinski definition) is 1. The topological polar surface area (TPSA) is 25.2 Å². The molecule has 1 atom stereocenters. The van der Waals surface area contributed by atoms with Crippen LogP contribution in [0, 0.1) is 9.49 Å². The molecular formula is C12H14INO. The molecule has 80 valence electrons. The fourth-order valence-corrected chi connectivity index (χ4v) is 2.18. The summed E-state index contributed by atoms with van der Waals surface area (Å²) in [4.78, 5) is 0. The number of halogens is 1. The van der Waals surface area contributed by atoms with Crippen molar-refractivity contribution >= 4 is 33.5 Å². The standard InChI is InChI=1S/C12H14INO/c1-9(8-15)7-14-5-4-10-2-3-11(13)6-12(10)14/h2-6,9,15H,7-8H2,1H3/t9-/m0/s1. The summed E-state index contributed by atoms with van der Waals surface area (Å²) in [5, 5.41) is 10.3. The first-order chi connectivity index (χ1) is 7.20. The van der Waals surface area contributed by atoms with E-state index in [-0.39, 0.29) is 6.61 Å². The fraction of sp³-hybridized carbons (Fsp3) is 0.333. The summed E-state index contributed by atoms with van der Waals surface area (Å²) >= 11 is 2.32. The zero-order valence-corrected chi connectivity index (χ0v) is 10.8. The van der Waals surface area contributed by atoms with E-state index in [1.165, 1.54) is 14.5 Å². The lowest BCUT2D eigenvalue weighted by atomic mass is 10.2. The summed E-state index contributed by atoms with van der Waals surface area (Å²) in [6.45, 7) is 3.17. The van der Waals surface area contributed by atoms with Gasteiger partial charge in [0.15, 0.2) is 0 Å². The van der Waals surface area contributed by atoms with Gasteiger partial charge in [0.05, 0.1) is 0 Å².